The van der Waals surface area contributed by atoms with Crippen molar-refractivity contribution in [3.63, 3.8) is 0 Å². The van der Waals surface area contributed by atoms with Gasteiger partial charge in [-0.05, 0) is 66.3 Å². The van der Waals surface area contributed by atoms with Gasteiger partial charge in [-0.25, -0.2) is 0 Å². The Morgan fingerprint density at radius 3 is 2.40 bits per heavy atom. The molecule has 0 fully saturated rings. The van der Waals surface area contributed by atoms with Crippen LogP contribution in [0, 0.1) is 0 Å². The lowest BCUT2D eigenvalue weighted by molar-refractivity contribution is -0.120. The number of amides is 2. The summed E-state index contributed by atoms with van der Waals surface area (Å²) in [6.07, 6.45) is 3.51. The van der Waals surface area contributed by atoms with E-state index in [1.807, 2.05) is 48.5 Å². The molecule has 1 aliphatic heterocycles. The fraction of sp³-hybridized carbons (Fsp3) is 0.321. The van der Waals surface area contributed by atoms with E-state index in [4.69, 9.17) is 5.73 Å². The molecule has 0 radical (unpaired) electrons. The zero-order chi connectivity index (χ0) is 25.4. The van der Waals surface area contributed by atoms with Crippen LogP contribution in [-0.2, 0) is 23.3 Å². The molecule has 7 nitrogen and oxygen atoms in total. The SMILES string of the molecule is CC(C)(N)C(=O)Nc1cc(N2Cc3cccc(NCc4ccncc4)c3C2=O)ccc1C(C)(C)C. The Labute approximate surface area is 206 Å². The molecule has 0 saturated heterocycles. The lowest BCUT2D eigenvalue weighted by Crippen LogP contribution is -2.45. The molecule has 0 spiro atoms. The minimum Gasteiger partial charge on any atom is -0.380 e. The van der Waals surface area contributed by atoms with Gasteiger partial charge >= 0.3 is 0 Å². The van der Waals surface area contributed by atoms with Crippen LogP contribution in [-0.4, -0.2) is 22.3 Å². The molecule has 0 bridgehead atoms. The van der Waals surface area contributed by atoms with E-state index in [9.17, 15) is 9.59 Å². The van der Waals surface area contributed by atoms with E-state index in [1.165, 1.54) is 0 Å². The molecule has 2 amide bonds. The molecule has 1 aliphatic rings. The number of pyridine rings is 1. The lowest BCUT2D eigenvalue weighted by atomic mass is 9.85. The van der Waals surface area contributed by atoms with Gasteiger partial charge in [-0.15, -0.1) is 0 Å². The van der Waals surface area contributed by atoms with Crippen LogP contribution in [0.5, 0.6) is 0 Å². The summed E-state index contributed by atoms with van der Waals surface area (Å²) < 4.78 is 0. The molecule has 0 unspecified atom stereocenters. The zero-order valence-electron chi connectivity index (χ0n) is 21.0. The third-order valence-electron chi connectivity index (χ3n) is 6.13. The first kappa shape index (κ1) is 24.4. The third-order valence-corrected chi connectivity index (χ3v) is 6.13. The van der Waals surface area contributed by atoms with Crippen LogP contribution >= 0.6 is 0 Å². The van der Waals surface area contributed by atoms with Crippen molar-refractivity contribution in [2.75, 3.05) is 15.5 Å². The summed E-state index contributed by atoms with van der Waals surface area (Å²) in [6, 6.07) is 15.6. The van der Waals surface area contributed by atoms with Gasteiger partial charge in [-0.3, -0.25) is 14.6 Å². The van der Waals surface area contributed by atoms with Gasteiger partial charge in [-0.2, -0.15) is 0 Å². The van der Waals surface area contributed by atoms with Gasteiger partial charge in [0.15, 0.2) is 0 Å². The number of hydrogen-bond acceptors (Lipinski definition) is 5. The van der Waals surface area contributed by atoms with Crippen LogP contribution in [0.3, 0.4) is 0 Å². The van der Waals surface area contributed by atoms with Crippen molar-refractivity contribution in [2.45, 2.75) is 58.7 Å². The molecule has 7 heteroatoms. The van der Waals surface area contributed by atoms with Gasteiger partial charge in [0.1, 0.15) is 0 Å². The van der Waals surface area contributed by atoms with Crippen LogP contribution in [0.25, 0.3) is 0 Å². The normalized spacial score (nSPS) is 13.5. The molecule has 4 rings (SSSR count). The fourth-order valence-electron chi connectivity index (χ4n) is 4.16. The first-order valence-corrected chi connectivity index (χ1v) is 11.8. The average Bonchev–Trinajstić information content (AvgIpc) is 3.14. The van der Waals surface area contributed by atoms with Crippen molar-refractivity contribution in [1.82, 2.24) is 4.98 Å². The van der Waals surface area contributed by atoms with E-state index in [2.05, 4.69) is 36.4 Å². The van der Waals surface area contributed by atoms with Crippen molar-refractivity contribution >= 4 is 28.9 Å². The molecule has 0 atom stereocenters. The Balaban J connectivity index is 1.64. The number of aromatic nitrogens is 1. The second-order valence-electron chi connectivity index (χ2n) is 10.6. The maximum absolute atomic E-state index is 13.6. The Kier molecular flexibility index (Phi) is 6.38. The maximum Gasteiger partial charge on any atom is 0.261 e. The largest absolute Gasteiger partial charge is 0.380 e. The molecule has 182 valence electrons. The Hall–Kier alpha value is -3.71. The van der Waals surface area contributed by atoms with Gasteiger partial charge in [-0.1, -0.05) is 39.0 Å². The number of anilines is 3. The topological polar surface area (TPSA) is 100 Å². The quantitative estimate of drug-likeness (QED) is 0.478. The molecule has 0 aliphatic carbocycles. The number of fused-ring (bicyclic) bond motifs is 1. The first-order chi connectivity index (χ1) is 16.4. The zero-order valence-corrected chi connectivity index (χ0v) is 21.0. The van der Waals surface area contributed by atoms with E-state index in [0.717, 1.165) is 28.1 Å². The minimum absolute atomic E-state index is 0.0715. The van der Waals surface area contributed by atoms with Gasteiger partial charge in [0.05, 0.1) is 17.6 Å². The number of benzene rings is 2. The molecule has 0 saturated carbocycles. The maximum atomic E-state index is 13.6. The van der Waals surface area contributed by atoms with Crippen LogP contribution < -0.4 is 21.3 Å². The lowest BCUT2D eigenvalue weighted by Gasteiger charge is -2.27. The molecule has 1 aromatic heterocycles. The van der Waals surface area contributed by atoms with E-state index in [-0.39, 0.29) is 17.2 Å². The van der Waals surface area contributed by atoms with Crippen LogP contribution in [0.1, 0.15) is 61.7 Å². The van der Waals surface area contributed by atoms with E-state index in [0.29, 0.717) is 24.3 Å². The molecule has 35 heavy (non-hydrogen) atoms. The summed E-state index contributed by atoms with van der Waals surface area (Å²) in [7, 11) is 0. The Morgan fingerprint density at radius 2 is 1.74 bits per heavy atom. The van der Waals surface area contributed by atoms with E-state index in [1.54, 1.807) is 31.1 Å². The Bertz CT molecular complexity index is 1260. The summed E-state index contributed by atoms with van der Waals surface area (Å²) in [6.45, 7) is 10.7. The molecular weight excluding hydrogens is 438 g/mol. The molecule has 4 N–H and O–H groups in total. The standard InChI is InChI=1S/C28H33N5O2/c1-27(2,3)21-10-9-20(15-23(21)32-26(35)28(4,5)29)33-17-19-7-6-8-22(24(19)25(33)34)31-16-18-11-13-30-14-12-18/h6-15,31H,16-17,29H2,1-5H3,(H,32,35). The van der Waals surface area contributed by atoms with Gasteiger partial charge in [0.2, 0.25) is 5.91 Å². The molecular formula is C28H33N5O2. The van der Waals surface area contributed by atoms with Crippen LogP contribution in [0.2, 0.25) is 0 Å². The monoisotopic (exact) mass is 471 g/mol. The summed E-state index contributed by atoms with van der Waals surface area (Å²) >= 11 is 0. The molecule has 2 aromatic carbocycles. The minimum atomic E-state index is -1.03. The summed E-state index contributed by atoms with van der Waals surface area (Å²) in [5, 5.41) is 6.39. The number of carbonyl (C=O) groups is 2. The average molecular weight is 472 g/mol. The summed E-state index contributed by atoms with van der Waals surface area (Å²) in [5.41, 5.74) is 10.7. The van der Waals surface area contributed by atoms with E-state index < -0.39 is 5.54 Å². The highest BCUT2D eigenvalue weighted by atomic mass is 16.2. The van der Waals surface area contributed by atoms with Gasteiger partial charge < -0.3 is 21.3 Å². The number of rotatable bonds is 6. The van der Waals surface area contributed by atoms with Crippen molar-refractivity contribution in [3.05, 3.63) is 83.2 Å². The second-order valence-corrected chi connectivity index (χ2v) is 10.6. The molecule has 2 heterocycles. The number of carbonyl (C=O) groups excluding carboxylic acids is 2. The smallest absolute Gasteiger partial charge is 0.261 e. The number of hydrogen-bond donors (Lipinski definition) is 3. The van der Waals surface area contributed by atoms with Crippen molar-refractivity contribution < 1.29 is 9.59 Å². The van der Waals surface area contributed by atoms with Gasteiger partial charge in [0, 0.05) is 36.0 Å². The number of nitrogens with zero attached hydrogens (tertiary/aromatic N) is 2. The van der Waals surface area contributed by atoms with Crippen molar-refractivity contribution in [3.8, 4) is 0 Å². The highest BCUT2D eigenvalue weighted by Gasteiger charge is 2.32. The molecule has 3 aromatic rings. The summed E-state index contributed by atoms with van der Waals surface area (Å²) in [5.74, 6) is -0.350. The van der Waals surface area contributed by atoms with Crippen molar-refractivity contribution in [1.29, 1.82) is 0 Å². The predicted molar refractivity (Wildman–Crippen MR) is 141 cm³/mol. The van der Waals surface area contributed by atoms with Crippen LogP contribution in [0.4, 0.5) is 17.1 Å². The highest BCUT2D eigenvalue weighted by Crippen LogP contribution is 2.37. The highest BCUT2D eigenvalue weighted by molar-refractivity contribution is 6.13. The van der Waals surface area contributed by atoms with Gasteiger partial charge in [0.25, 0.3) is 5.91 Å². The predicted octanol–water partition coefficient (Wildman–Crippen LogP) is 4.83. The second kappa shape index (κ2) is 9.15. The Morgan fingerprint density at radius 1 is 1.03 bits per heavy atom. The fourth-order valence-corrected chi connectivity index (χ4v) is 4.16. The summed E-state index contributed by atoms with van der Waals surface area (Å²) in [4.78, 5) is 32.1. The number of nitrogens with one attached hydrogen (secondary N) is 2. The van der Waals surface area contributed by atoms with E-state index >= 15 is 0 Å². The number of nitrogens with two attached hydrogens (primary N) is 1. The van der Waals surface area contributed by atoms with Crippen molar-refractivity contribution in [2.24, 2.45) is 5.73 Å². The third kappa shape index (κ3) is 5.20. The van der Waals surface area contributed by atoms with Crippen LogP contribution in [0.15, 0.2) is 60.9 Å². The first-order valence-electron chi connectivity index (χ1n) is 11.8.